The Kier molecular flexibility index (Phi) is 6.18. The quantitative estimate of drug-likeness (QED) is 0.199. The molecule has 0 N–H and O–H groups in total. The molecule has 9 aromatic rings. The smallest absolute Gasteiger partial charge is 0.0998 e. The van der Waals surface area contributed by atoms with Gasteiger partial charge in [0.1, 0.15) is 0 Å². The highest BCUT2D eigenvalue weighted by molar-refractivity contribution is 6.10. The minimum Gasteiger partial charge on any atom is -0.309 e. The maximum Gasteiger partial charge on any atom is 0.0998 e. The Hall–Kier alpha value is -6.95. The average molecular weight is 612 g/mol. The zero-order chi connectivity index (χ0) is 32.2. The van der Waals surface area contributed by atoms with E-state index < -0.39 is 0 Å². The van der Waals surface area contributed by atoms with Crippen LogP contribution in [0.1, 0.15) is 11.1 Å². The molecule has 0 spiro atoms. The van der Waals surface area contributed by atoms with Gasteiger partial charge in [-0.15, -0.1) is 0 Å². The lowest BCUT2D eigenvalue weighted by Gasteiger charge is -2.18. The van der Waals surface area contributed by atoms with Crippen LogP contribution in [-0.2, 0) is 0 Å². The number of hydrogen-bond acceptors (Lipinski definition) is 3. The number of rotatable bonds is 4. The topological polar surface area (TPSA) is 70.3 Å². The Bertz CT molecular complexity index is 2710. The van der Waals surface area contributed by atoms with E-state index in [1.807, 2.05) is 67.0 Å². The maximum atomic E-state index is 10.6. The van der Waals surface area contributed by atoms with Crippen LogP contribution in [0.4, 0.5) is 0 Å². The third kappa shape index (κ3) is 4.06. The van der Waals surface area contributed by atoms with Crippen molar-refractivity contribution >= 4 is 43.6 Å². The first-order valence-corrected chi connectivity index (χ1v) is 15.8. The Balaban J connectivity index is 1.28. The molecule has 5 nitrogen and oxygen atoms in total. The molecule has 5 heteroatoms. The fraction of sp³-hybridized carbons (Fsp3) is 0. The van der Waals surface area contributed by atoms with Crippen LogP contribution in [0, 0.1) is 22.7 Å². The minimum absolute atomic E-state index is 0.521. The lowest BCUT2D eigenvalue weighted by atomic mass is 9.89. The molecule has 3 aromatic heterocycles. The van der Waals surface area contributed by atoms with Crippen molar-refractivity contribution in [2.24, 2.45) is 0 Å². The molecule has 48 heavy (non-hydrogen) atoms. The first-order valence-electron chi connectivity index (χ1n) is 15.8. The highest BCUT2D eigenvalue weighted by atomic mass is 15.0. The highest BCUT2D eigenvalue weighted by Gasteiger charge is 2.20. The van der Waals surface area contributed by atoms with Gasteiger partial charge < -0.3 is 9.13 Å². The maximum absolute atomic E-state index is 10.6. The summed E-state index contributed by atoms with van der Waals surface area (Å²) >= 11 is 0. The SMILES string of the molecule is N#Cc1ccc(-c2ccccc2-n2c3ccccc3c3ccccc32)c(-c2ccc(-n3c4ccccc4c4ccncc43)cc2C#N)c1. The number of nitrogens with zero attached hydrogens (tertiary/aromatic N) is 5. The van der Waals surface area contributed by atoms with Crippen LogP contribution >= 0.6 is 0 Å². The van der Waals surface area contributed by atoms with Gasteiger partial charge in [-0.05, 0) is 65.7 Å². The summed E-state index contributed by atoms with van der Waals surface area (Å²) in [6.07, 6.45) is 3.68. The van der Waals surface area contributed by atoms with Crippen molar-refractivity contribution in [1.29, 1.82) is 10.5 Å². The molecule has 0 aliphatic rings. The Morgan fingerprint density at radius 2 is 1.06 bits per heavy atom. The second-order valence-corrected chi connectivity index (χ2v) is 11.8. The van der Waals surface area contributed by atoms with Crippen molar-refractivity contribution in [3.63, 3.8) is 0 Å². The number of benzene rings is 6. The van der Waals surface area contributed by atoms with Crippen molar-refractivity contribution in [2.75, 3.05) is 0 Å². The Labute approximate surface area is 276 Å². The standard InChI is InChI=1S/C43H25N5/c44-25-28-17-19-32(33-9-1-6-14-40(33)48-41-15-7-3-10-34(41)35-11-4-8-16-42(35)48)38(23-28)31-20-18-30(24-29(31)26-45)47-39-13-5-2-12-36(39)37-21-22-46-27-43(37)47/h1-24,27H. The molecule has 9 rings (SSSR count). The Morgan fingerprint density at radius 3 is 1.75 bits per heavy atom. The van der Waals surface area contributed by atoms with E-state index in [4.69, 9.17) is 0 Å². The van der Waals surface area contributed by atoms with E-state index in [1.54, 1.807) is 0 Å². The van der Waals surface area contributed by atoms with E-state index in [1.165, 1.54) is 10.8 Å². The Morgan fingerprint density at radius 1 is 0.458 bits per heavy atom. The van der Waals surface area contributed by atoms with Crippen LogP contribution in [0.15, 0.2) is 152 Å². The summed E-state index contributed by atoms with van der Waals surface area (Å²) in [7, 11) is 0. The number of para-hydroxylation sites is 4. The molecule has 3 heterocycles. The van der Waals surface area contributed by atoms with Crippen LogP contribution < -0.4 is 0 Å². The van der Waals surface area contributed by atoms with E-state index in [0.717, 1.165) is 66.5 Å². The summed E-state index contributed by atoms with van der Waals surface area (Å²) in [5, 5.41) is 25.2. The number of pyridine rings is 1. The van der Waals surface area contributed by atoms with E-state index in [0.29, 0.717) is 11.1 Å². The number of aromatic nitrogens is 3. The largest absolute Gasteiger partial charge is 0.309 e. The van der Waals surface area contributed by atoms with E-state index in [-0.39, 0.29) is 0 Å². The predicted octanol–water partition coefficient (Wildman–Crippen LogP) is 10.4. The molecular weight excluding hydrogens is 587 g/mol. The highest BCUT2D eigenvalue weighted by Crippen LogP contribution is 2.41. The lowest BCUT2D eigenvalue weighted by molar-refractivity contribution is 1.16. The van der Waals surface area contributed by atoms with Gasteiger partial charge in [0, 0.05) is 44.6 Å². The van der Waals surface area contributed by atoms with Crippen molar-refractivity contribution in [3.8, 4) is 45.8 Å². The molecule has 222 valence electrons. The van der Waals surface area contributed by atoms with E-state index in [2.05, 4.69) is 111 Å². The summed E-state index contributed by atoms with van der Waals surface area (Å²) in [5.41, 5.74) is 10.7. The zero-order valence-electron chi connectivity index (χ0n) is 25.7. The van der Waals surface area contributed by atoms with Gasteiger partial charge in [0.25, 0.3) is 0 Å². The average Bonchev–Trinajstić information content (AvgIpc) is 3.67. The third-order valence-corrected chi connectivity index (χ3v) is 9.31. The minimum atomic E-state index is 0.521. The van der Waals surface area contributed by atoms with Crippen LogP contribution in [-0.4, -0.2) is 14.1 Å². The van der Waals surface area contributed by atoms with Gasteiger partial charge in [0.15, 0.2) is 0 Å². The summed E-state index contributed by atoms with van der Waals surface area (Å²) < 4.78 is 4.47. The molecule has 0 bridgehead atoms. The predicted molar refractivity (Wildman–Crippen MR) is 193 cm³/mol. The van der Waals surface area contributed by atoms with Gasteiger partial charge in [-0.25, -0.2) is 0 Å². The molecule has 0 fully saturated rings. The number of fused-ring (bicyclic) bond motifs is 6. The summed E-state index contributed by atoms with van der Waals surface area (Å²) in [6, 6.07) is 52.2. The monoisotopic (exact) mass is 611 g/mol. The van der Waals surface area contributed by atoms with Crippen molar-refractivity contribution in [2.45, 2.75) is 0 Å². The first kappa shape index (κ1) is 27.4. The van der Waals surface area contributed by atoms with Crippen LogP contribution in [0.2, 0.25) is 0 Å². The molecule has 0 aliphatic heterocycles. The van der Waals surface area contributed by atoms with Gasteiger partial charge in [-0.2, -0.15) is 10.5 Å². The van der Waals surface area contributed by atoms with Crippen LogP contribution in [0.3, 0.4) is 0 Å². The van der Waals surface area contributed by atoms with Gasteiger partial charge in [0.2, 0.25) is 0 Å². The second kappa shape index (κ2) is 10.8. The molecule has 0 saturated carbocycles. The molecule has 0 unspecified atom stereocenters. The van der Waals surface area contributed by atoms with Crippen LogP contribution in [0.5, 0.6) is 0 Å². The van der Waals surface area contributed by atoms with Gasteiger partial charge >= 0.3 is 0 Å². The van der Waals surface area contributed by atoms with Gasteiger partial charge in [-0.1, -0.05) is 84.9 Å². The van der Waals surface area contributed by atoms with E-state index in [9.17, 15) is 10.5 Å². The lowest BCUT2D eigenvalue weighted by Crippen LogP contribution is -1.99. The van der Waals surface area contributed by atoms with Gasteiger partial charge in [0.05, 0.1) is 57.2 Å². The van der Waals surface area contributed by atoms with Gasteiger partial charge in [-0.3, -0.25) is 4.98 Å². The fourth-order valence-electron chi connectivity index (χ4n) is 7.25. The normalized spacial score (nSPS) is 11.3. The third-order valence-electron chi connectivity index (χ3n) is 9.31. The van der Waals surface area contributed by atoms with Crippen LogP contribution in [0.25, 0.3) is 77.2 Å². The fourth-order valence-corrected chi connectivity index (χ4v) is 7.25. The van der Waals surface area contributed by atoms with Crippen molar-refractivity contribution in [1.82, 2.24) is 14.1 Å². The summed E-state index contributed by atoms with van der Waals surface area (Å²) in [5.74, 6) is 0. The first-order chi connectivity index (χ1) is 23.7. The van der Waals surface area contributed by atoms with E-state index >= 15 is 0 Å². The summed E-state index contributed by atoms with van der Waals surface area (Å²) in [6.45, 7) is 0. The zero-order valence-corrected chi connectivity index (χ0v) is 25.7. The molecule has 0 aliphatic carbocycles. The van der Waals surface area contributed by atoms with Crippen molar-refractivity contribution in [3.05, 3.63) is 163 Å². The molecule has 0 atom stereocenters. The second-order valence-electron chi connectivity index (χ2n) is 11.8. The van der Waals surface area contributed by atoms with Crippen molar-refractivity contribution < 1.29 is 0 Å². The molecule has 6 aromatic carbocycles. The summed E-state index contributed by atoms with van der Waals surface area (Å²) in [4.78, 5) is 4.41. The molecule has 0 saturated heterocycles. The number of hydrogen-bond donors (Lipinski definition) is 0. The molecular formula is C43H25N5. The molecule has 0 amide bonds. The number of nitriles is 2. The molecule has 0 radical (unpaired) electrons.